The monoisotopic (exact) mass is 780 g/mol. The van der Waals surface area contributed by atoms with Crippen LogP contribution in [0.25, 0.3) is 0 Å². The number of amides is 1. The van der Waals surface area contributed by atoms with Crippen molar-refractivity contribution in [3.05, 3.63) is 46.2 Å². The lowest BCUT2D eigenvalue weighted by molar-refractivity contribution is -0.119. The van der Waals surface area contributed by atoms with Crippen molar-refractivity contribution in [2.75, 3.05) is 57.3 Å². The molecule has 0 radical (unpaired) electrons. The number of nitrogen functional groups attached to an aromatic ring is 2. The molecule has 17 nitrogen and oxygen atoms in total. The number of nitrogens with one attached hydrogen (secondary N) is 2. The number of halogens is 1. The van der Waals surface area contributed by atoms with E-state index in [-0.39, 0.29) is 41.5 Å². The summed E-state index contributed by atoms with van der Waals surface area (Å²) in [5.41, 5.74) is 24.3. The number of guanidine groups is 1. The van der Waals surface area contributed by atoms with Crippen LogP contribution in [0, 0.1) is 0 Å². The topological polar surface area (TPSA) is 305 Å². The molecular weight excluding hydrogens is 720 g/mol. The minimum atomic E-state index is -1.68. The Labute approximate surface area is 322 Å². The van der Waals surface area contributed by atoms with E-state index in [9.17, 15) is 30.0 Å². The zero-order valence-corrected chi connectivity index (χ0v) is 32.0. The first kappa shape index (κ1) is 46.6. The first-order valence-electron chi connectivity index (χ1n) is 18.5. The van der Waals surface area contributed by atoms with Crippen molar-refractivity contribution >= 4 is 41.4 Å². The molecule has 0 aliphatic carbocycles. The SMILES string of the molecule is CCCCCCN(CCCNC(C=O)(CN)CCc1ccc(CCCCN=C(N)NC(=O)c2nc(Cl)c(N)nc2N)cc1)CC(O)C(O)C(O)C(O)CO. The maximum Gasteiger partial charge on any atom is 0.280 e. The van der Waals surface area contributed by atoms with Gasteiger partial charge in [-0.3, -0.25) is 15.1 Å². The Hall–Kier alpha value is -3.52. The van der Waals surface area contributed by atoms with E-state index in [0.29, 0.717) is 45.4 Å². The number of aliphatic imine (C=N–C) groups is 1. The summed E-state index contributed by atoms with van der Waals surface area (Å²) in [7, 11) is 0. The molecule has 304 valence electrons. The van der Waals surface area contributed by atoms with Crippen molar-refractivity contribution in [2.24, 2.45) is 16.5 Å². The number of carbonyl (C=O) groups excluding carboxylic acids is 2. The predicted molar refractivity (Wildman–Crippen MR) is 210 cm³/mol. The second kappa shape index (κ2) is 24.8. The van der Waals surface area contributed by atoms with Gasteiger partial charge in [0.1, 0.15) is 24.6 Å². The zero-order valence-electron chi connectivity index (χ0n) is 31.2. The molecule has 0 aliphatic heterocycles. The molecule has 5 unspecified atom stereocenters. The summed E-state index contributed by atoms with van der Waals surface area (Å²) in [5.74, 6) is -1.04. The van der Waals surface area contributed by atoms with Gasteiger partial charge in [-0.25, -0.2) is 9.97 Å². The molecule has 0 saturated heterocycles. The summed E-state index contributed by atoms with van der Waals surface area (Å²) < 4.78 is 0. The highest BCUT2D eigenvalue weighted by atomic mass is 35.5. The minimum Gasteiger partial charge on any atom is -0.394 e. The second-order valence-electron chi connectivity index (χ2n) is 13.5. The van der Waals surface area contributed by atoms with E-state index in [1.54, 1.807) is 0 Å². The Bertz CT molecular complexity index is 1440. The van der Waals surface area contributed by atoms with Gasteiger partial charge >= 0.3 is 0 Å². The van der Waals surface area contributed by atoms with Crippen molar-refractivity contribution in [2.45, 2.75) is 101 Å². The van der Waals surface area contributed by atoms with E-state index in [1.807, 2.05) is 17.0 Å². The number of benzene rings is 1. The van der Waals surface area contributed by atoms with Crippen molar-refractivity contribution in [1.82, 2.24) is 25.5 Å². The van der Waals surface area contributed by atoms with Gasteiger partial charge in [-0.2, -0.15) is 0 Å². The number of nitrogens with zero attached hydrogens (tertiary/aromatic N) is 4. The zero-order chi connectivity index (χ0) is 40.1. The van der Waals surface area contributed by atoms with Crippen LogP contribution in [0.2, 0.25) is 5.15 Å². The lowest BCUT2D eigenvalue weighted by Gasteiger charge is -2.31. The smallest absolute Gasteiger partial charge is 0.280 e. The van der Waals surface area contributed by atoms with Gasteiger partial charge in [0.2, 0.25) is 0 Å². The number of aldehydes is 1. The van der Waals surface area contributed by atoms with Crippen LogP contribution in [-0.2, 0) is 17.6 Å². The molecule has 1 aromatic carbocycles. The molecule has 15 N–H and O–H groups in total. The van der Waals surface area contributed by atoms with E-state index >= 15 is 0 Å². The van der Waals surface area contributed by atoms with Crippen LogP contribution in [0.1, 0.15) is 79.9 Å². The third-order valence-corrected chi connectivity index (χ3v) is 9.49. The standard InChI is InChI=1S/C36H61ClN10O7/c1-2-3-4-7-18-47(20-26(50)29(52)30(53)27(51)21-48)19-8-17-43-36(22-38,23-49)15-14-25-12-10-24(11-13-25)9-5-6-16-42-35(41)46-34(54)28-32(39)45-33(40)31(37)44-28/h10-13,23,26-27,29-30,43,48,50-53H,2-9,14-22,38H2,1H3,(H4,39,40,45)(H3,41,42,46,54). The highest BCUT2D eigenvalue weighted by Gasteiger charge is 2.31. The van der Waals surface area contributed by atoms with Crippen molar-refractivity contribution in [3.8, 4) is 0 Å². The molecule has 2 aromatic rings. The number of hydrogen-bond donors (Lipinski definition) is 11. The normalized spacial score (nSPS) is 15.4. The van der Waals surface area contributed by atoms with Gasteiger partial charge in [-0.15, -0.1) is 0 Å². The van der Waals surface area contributed by atoms with Crippen molar-refractivity contribution in [1.29, 1.82) is 0 Å². The predicted octanol–water partition coefficient (Wildman–Crippen LogP) is -0.511. The Kier molecular flexibility index (Phi) is 21.4. The van der Waals surface area contributed by atoms with E-state index in [0.717, 1.165) is 62.4 Å². The summed E-state index contributed by atoms with van der Waals surface area (Å²) in [6.07, 6.45) is 2.92. The quantitative estimate of drug-likeness (QED) is 0.0235. The molecule has 0 bridgehead atoms. The fraction of sp³-hybridized carbons (Fsp3) is 0.639. The van der Waals surface area contributed by atoms with Crippen LogP contribution in [0.4, 0.5) is 11.6 Å². The van der Waals surface area contributed by atoms with Gasteiger partial charge in [0.05, 0.1) is 18.2 Å². The van der Waals surface area contributed by atoms with Gasteiger partial charge in [-0.1, -0.05) is 62.1 Å². The van der Waals surface area contributed by atoms with E-state index in [2.05, 4.69) is 44.7 Å². The first-order chi connectivity index (χ1) is 25.8. The van der Waals surface area contributed by atoms with Crippen LogP contribution in [-0.4, -0.2) is 134 Å². The lowest BCUT2D eigenvalue weighted by Crippen LogP contribution is -2.54. The van der Waals surface area contributed by atoms with Gasteiger partial charge in [-0.05, 0) is 75.7 Å². The maximum atomic E-state index is 12.4. The van der Waals surface area contributed by atoms with E-state index < -0.39 is 42.5 Å². The number of rotatable bonds is 27. The molecule has 0 saturated carbocycles. The number of hydrogen-bond acceptors (Lipinski definition) is 15. The molecule has 2 rings (SSSR count). The van der Waals surface area contributed by atoms with Gasteiger partial charge in [0.15, 0.2) is 28.4 Å². The van der Waals surface area contributed by atoms with Gasteiger partial charge < -0.3 is 63.5 Å². The number of anilines is 2. The summed E-state index contributed by atoms with van der Waals surface area (Å²) in [6, 6.07) is 8.19. The molecule has 18 heteroatoms. The highest BCUT2D eigenvalue weighted by molar-refractivity contribution is 6.31. The number of unbranched alkanes of at least 4 members (excludes halogenated alkanes) is 4. The largest absolute Gasteiger partial charge is 0.394 e. The number of aliphatic hydroxyl groups excluding tert-OH is 5. The average Bonchev–Trinajstić information content (AvgIpc) is 3.16. The number of aliphatic hydroxyl groups is 5. The summed E-state index contributed by atoms with van der Waals surface area (Å²) >= 11 is 5.83. The van der Waals surface area contributed by atoms with Gasteiger partial charge in [0, 0.05) is 19.6 Å². The molecule has 54 heavy (non-hydrogen) atoms. The molecular formula is C36H61ClN10O7. The molecule has 1 amide bonds. The Morgan fingerprint density at radius 2 is 1.59 bits per heavy atom. The number of aryl methyl sites for hydroxylation is 2. The molecule has 1 aromatic heterocycles. The minimum absolute atomic E-state index is 0.0748. The van der Waals surface area contributed by atoms with E-state index in [1.165, 1.54) is 0 Å². The van der Waals surface area contributed by atoms with Crippen molar-refractivity contribution in [3.63, 3.8) is 0 Å². The van der Waals surface area contributed by atoms with Gasteiger partial charge in [0.25, 0.3) is 5.91 Å². The number of carbonyl (C=O) groups is 2. The van der Waals surface area contributed by atoms with Crippen molar-refractivity contribution < 1.29 is 35.1 Å². The summed E-state index contributed by atoms with van der Waals surface area (Å²) in [5, 5.41) is 55.3. The molecule has 1 heterocycles. The van der Waals surface area contributed by atoms with Crippen LogP contribution >= 0.6 is 11.6 Å². The number of aromatic nitrogens is 2. The summed E-state index contributed by atoms with van der Waals surface area (Å²) in [6.45, 7) is 3.71. The third-order valence-electron chi connectivity index (χ3n) is 9.22. The molecule has 0 fully saturated rings. The molecule has 5 atom stereocenters. The second-order valence-corrected chi connectivity index (χ2v) is 13.9. The Balaban J connectivity index is 1.81. The third kappa shape index (κ3) is 16.1. The fourth-order valence-corrected chi connectivity index (χ4v) is 5.87. The highest BCUT2D eigenvalue weighted by Crippen LogP contribution is 2.18. The van der Waals surface area contributed by atoms with Crippen LogP contribution in [0.15, 0.2) is 29.3 Å². The van der Waals surface area contributed by atoms with Crippen LogP contribution in [0.3, 0.4) is 0 Å². The molecule has 0 aliphatic rings. The average molecular weight is 781 g/mol. The summed E-state index contributed by atoms with van der Waals surface area (Å²) in [4.78, 5) is 38.4. The Morgan fingerprint density at radius 1 is 0.944 bits per heavy atom. The van der Waals surface area contributed by atoms with E-state index in [4.69, 9.17) is 39.6 Å². The van der Waals surface area contributed by atoms with Crippen LogP contribution < -0.4 is 33.6 Å². The maximum absolute atomic E-state index is 12.4. The fourth-order valence-electron chi connectivity index (χ4n) is 5.75. The number of nitrogens with two attached hydrogens (primary N) is 4. The first-order valence-corrected chi connectivity index (χ1v) is 18.9. The lowest BCUT2D eigenvalue weighted by atomic mass is 9.92. The van der Waals surface area contributed by atoms with Crippen LogP contribution in [0.5, 0.6) is 0 Å². The molecule has 0 spiro atoms. The Morgan fingerprint density at radius 3 is 2.22 bits per heavy atom.